The van der Waals surface area contributed by atoms with Crippen molar-refractivity contribution in [2.24, 2.45) is 0 Å². The van der Waals surface area contributed by atoms with E-state index in [0.717, 1.165) is 21.8 Å². The predicted octanol–water partition coefficient (Wildman–Crippen LogP) is 3.30. The first-order valence-corrected chi connectivity index (χ1v) is 5.44. The van der Waals surface area contributed by atoms with Gasteiger partial charge in [-0.15, -0.1) is 11.3 Å². The molecule has 0 fully saturated rings. The molecule has 0 unspecified atom stereocenters. The van der Waals surface area contributed by atoms with Crippen molar-refractivity contribution in [1.29, 1.82) is 0 Å². The lowest BCUT2D eigenvalue weighted by atomic mass is 10.5. The maximum Gasteiger partial charge on any atom is 0.162 e. The quantitative estimate of drug-likeness (QED) is 0.757. The summed E-state index contributed by atoms with van der Waals surface area (Å²) in [7, 11) is 0. The van der Waals surface area contributed by atoms with Gasteiger partial charge in [-0.1, -0.05) is 15.9 Å². The van der Waals surface area contributed by atoms with Gasteiger partial charge in [0.1, 0.15) is 0 Å². The Morgan fingerprint density at radius 2 is 2.50 bits per heavy atom. The second-order valence-corrected chi connectivity index (χ2v) is 3.67. The van der Waals surface area contributed by atoms with Gasteiger partial charge in [-0.3, -0.25) is 0 Å². The molecule has 2 heterocycles. The van der Waals surface area contributed by atoms with Crippen LogP contribution in [-0.4, -0.2) is 4.98 Å². The lowest BCUT2D eigenvalue weighted by molar-refractivity contribution is 0.581. The maximum absolute atomic E-state index is 5.21. The molecule has 0 atom stereocenters. The van der Waals surface area contributed by atoms with Gasteiger partial charge in [-0.25, -0.2) is 4.98 Å². The van der Waals surface area contributed by atoms with Gasteiger partial charge < -0.3 is 4.42 Å². The Morgan fingerprint density at radius 3 is 3.08 bits per heavy atom. The molecule has 62 valence electrons. The topological polar surface area (TPSA) is 26.0 Å². The molecule has 0 aromatic carbocycles. The smallest absolute Gasteiger partial charge is 0.162 e. The highest BCUT2D eigenvalue weighted by Gasteiger charge is 2.05. The van der Waals surface area contributed by atoms with Crippen molar-refractivity contribution in [3.63, 3.8) is 0 Å². The fourth-order valence-electron chi connectivity index (χ4n) is 0.882. The number of thiazole rings is 1. The van der Waals surface area contributed by atoms with Crippen LogP contribution < -0.4 is 0 Å². The Labute approximate surface area is 82.4 Å². The molecule has 0 N–H and O–H groups in total. The lowest BCUT2D eigenvalue weighted by Gasteiger charge is -1.85. The van der Waals surface area contributed by atoms with Crippen LogP contribution in [0.3, 0.4) is 0 Å². The highest BCUT2D eigenvalue weighted by Crippen LogP contribution is 2.24. The molecule has 0 saturated carbocycles. The molecule has 0 amide bonds. The van der Waals surface area contributed by atoms with Crippen LogP contribution in [0.1, 0.15) is 5.69 Å². The van der Waals surface area contributed by atoms with Gasteiger partial charge in [-0.05, 0) is 12.1 Å². The zero-order valence-corrected chi connectivity index (χ0v) is 8.56. The molecule has 0 aliphatic heterocycles. The van der Waals surface area contributed by atoms with Gasteiger partial charge in [0.05, 0.1) is 12.0 Å². The van der Waals surface area contributed by atoms with Crippen LogP contribution in [0.25, 0.3) is 10.8 Å². The highest BCUT2D eigenvalue weighted by atomic mass is 79.9. The molecule has 0 aliphatic rings. The number of rotatable bonds is 2. The summed E-state index contributed by atoms with van der Waals surface area (Å²) in [5, 5.41) is 3.76. The molecule has 0 bridgehead atoms. The van der Waals surface area contributed by atoms with E-state index in [4.69, 9.17) is 4.42 Å². The molecule has 2 aromatic heterocycles. The number of nitrogens with zero attached hydrogens (tertiary/aromatic N) is 1. The third-order valence-electron chi connectivity index (χ3n) is 1.42. The van der Waals surface area contributed by atoms with Crippen LogP contribution in [0.15, 0.2) is 28.2 Å². The van der Waals surface area contributed by atoms with Crippen LogP contribution in [-0.2, 0) is 5.33 Å². The predicted molar refractivity (Wildman–Crippen MR) is 52.4 cm³/mol. The van der Waals surface area contributed by atoms with Gasteiger partial charge >= 0.3 is 0 Å². The molecule has 2 nitrogen and oxygen atoms in total. The number of hydrogen-bond acceptors (Lipinski definition) is 3. The number of aromatic nitrogens is 1. The van der Waals surface area contributed by atoms with E-state index in [9.17, 15) is 0 Å². The molecule has 12 heavy (non-hydrogen) atoms. The van der Waals surface area contributed by atoms with Crippen molar-refractivity contribution in [2.75, 3.05) is 0 Å². The molecule has 0 spiro atoms. The first kappa shape index (κ1) is 8.01. The van der Waals surface area contributed by atoms with E-state index in [1.165, 1.54) is 0 Å². The Hall–Kier alpha value is -0.610. The van der Waals surface area contributed by atoms with Gasteiger partial charge in [0, 0.05) is 10.7 Å². The molecule has 0 aliphatic carbocycles. The molecule has 0 radical (unpaired) electrons. The molecule has 0 saturated heterocycles. The van der Waals surface area contributed by atoms with Crippen LogP contribution in [0.2, 0.25) is 0 Å². The summed E-state index contributed by atoms with van der Waals surface area (Å²) in [5.41, 5.74) is 1.05. The summed E-state index contributed by atoms with van der Waals surface area (Å²) < 4.78 is 5.21. The van der Waals surface area contributed by atoms with Gasteiger partial charge in [0.25, 0.3) is 0 Å². The Balaban J connectivity index is 2.35. The van der Waals surface area contributed by atoms with Crippen LogP contribution in [0, 0.1) is 0 Å². The first-order chi connectivity index (χ1) is 5.90. The van der Waals surface area contributed by atoms with Gasteiger partial charge in [-0.2, -0.15) is 0 Å². The third-order valence-corrected chi connectivity index (χ3v) is 2.90. The van der Waals surface area contributed by atoms with Crippen molar-refractivity contribution in [3.05, 3.63) is 29.5 Å². The molecule has 4 heteroatoms. The normalized spacial score (nSPS) is 10.4. The van der Waals surface area contributed by atoms with Crippen molar-refractivity contribution in [2.45, 2.75) is 5.33 Å². The molecular formula is C8H6BrNOS. The summed E-state index contributed by atoms with van der Waals surface area (Å²) in [6.45, 7) is 0. The number of alkyl halides is 1. The summed E-state index contributed by atoms with van der Waals surface area (Å²) >= 11 is 4.94. The Bertz CT molecular complexity index is 355. The van der Waals surface area contributed by atoms with E-state index in [2.05, 4.69) is 20.9 Å². The maximum atomic E-state index is 5.21. The van der Waals surface area contributed by atoms with E-state index < -0.39 is 0 Å². The summed E-state index contributed by atoms with van der Waals surface area (Å²) in [6, 6.07) is 3.78. The van der Waals surface area contributed by atoms with E-state index in [1.54, 1.807) is 17.6 Å². The van der Waals surface area contributed by atoms with Crippen LogP contribution >= 0.6 is 27.3 Å². The second kappa shape index (κ2) is 3.41. The minimum absolute atomic E-state index is 0.796. The molecule has 2 aromatic rings. The van der Waals surface area contributed by atoms with Crippen LogP contribution in [0.5, 0.6) is 0 Å². The van der Waals surface area contributed by atoms with Crippen molar-refractivity contribution in [1.82, 2.24) is 4.98 Å². The number of furan rings is 1. The highest BCUT2D eigenvalue weighted by molar-refractivity contribution is 9.08. The van der Waals surface area contributed by atoms with Crippen LogP contribution in [0.4, 0.5) is 0 Å². The van der Waals surface area contributed by atoms with Crippen molar-refractivity contribution >= 4 is 27.3 Å². The van der Waals surface area contributed by atoms with Crippen molar-refractivity contribution < 1.29 is 4.42 Å². The number of halogens is 1. The fourth-order valence-corrected chi connectivity index (χ4v) is 2.17. The summed E-state index contributed by atoms with van der Waals surface area (Å²) in [4.78, 5) is 4.35. The van der Waals surface area contributed by atoms with E-state index in [0.29, 0.717) is 0 Å². The number of hydrogen-bond donors (Lipinski definition) is 0. The average molecular weight is 244 g/mol. The zero-order valence-electron chi connectivity index (χ0n) is 6.16. The minimum Gasteiger partial charge on any atom is -0.462 e. The third kappa shape index (κ3) is 1.44. The minimum atomic E-state index is 0.796. The fraction of sp³-hybridized carbons (Fsp3) is 0.125. The SMILES string of the molecule is BrCc1csc(-c2ccco2)n1. The largest absolute Gasteiger partial charge is 0.462 e. The monoisotopic (exact) mass is 243 g/mol. The molecular weight excluding hydrogens is 238 g/mol. The average Bonchev–Trinajstić information content (AvgIpc) is 2.75. The first-order valence-electron chi connectivity index (χ1n) is 3.44. The Morgan fingerprint density at radius 1 is 1.58 bits per heavy atom. The summed E-state index contributed by atoms with van der Waals surface area (Å²) in [6.07, 6.45) is 1.66. The van der Waals surface area contributed by atoms with E-state index in [-0.39, 0.29) is 0 Å². The van der Waals surface area contributed by atoms with E-state index in [1.807, 2.05) is 17.5 Å². The van der Waals surface area contributed by atoms with Gasteiger partial charge in [0.2, 0.25) is 0 Å². The Kier molecular flexibility index (Phi) is 2.28. The lowest BCUT2D eigenvalue weighted by Crippen LogP contribution is -1.75. The second-order valence-electron chi connectivity index (χ2n) is 2.25. The summed E-state index contributed by atoms with van der Waals surface area (Å²) in [5.74, 6) is 0.840. The van der Waals surface area contributed by atoms with E-state index >= 15 is 0 Å². The standard InChI is InChI=1S/C8H6BrNOS/c9-4-6-5-12-8(10-6)7-2-1-3-11-7/h1-3,5H,4H2. The van der Waals surface area contributed by atoms with Crippen molar-refractivity contribution in [3.8, 4) is 10.8 Å². The van der Waals surface area contributed by atoms with Gasteiger partial charge in [0.15, 0.2) is 10.8 Å². The zero-order chi connectivity index (χ0) is 8.39. The molecule has 2 rings (SSSR count).